The zero-order chi connectivity index (χ0) is 18.6. The number of amides is 2. The van der Waals surface area contributed by atoms with Crippen LogP contribution in [0.4, 0.5) is 10.5 Å². The fourth-order valence-electron chi connectivity index (χ4n) is 2.61. The maximum absolute atomic E-state index is 12.3. The fourth-order valence-corrected chi connectivity index (χ4v) is 2.61. The van der Waals surface area contributed by atoms with Gasteiger partial charge in [-0.25, -0.2) is 9.48 Å². The van der Waals surface area contributed by atoms with E-state index in [1.165, 1.54) is 4.90 Å². The number of hydrogen-bond acceptors (Lipinski definition) is 3. The van der Waals surface area contributed by atoms with Gasteiger partial charge in [-0.3, -0.25) is 4.79 Å². The Balaban J connectivity index is 2.20. The van der Waals surface area contributed by atoms with Crippen molar-refractivity contribution in [1.29, 1.82) is 0 Å². The summed E-state index contributed by atoms with van der Waals surface area (Å²) in [6, 6.07) is 7.55. The Kier molecular flexibility index (Phi) is 5.80. The number of benzene rings is 1. The van der Waals surface area contributed by atoms with Gasteiger partial charge < -0.3 is 15.3 Å². The summed E-state index contributed by atoms with van der Waals surface area (Å²) in [5.41, 5.74) is 3.58. The molecule has 0 aliphatic carbocycles. The molecule has 0 saturated heterocycles. The van der Waals surface area contributed by atoms with E-state index in [0.29, 0.717) is 12.1 Å². The molecule has 134 valence electrons. The number of nitrogens with one attached hydrogen (secondary N) is 1. The number of aryl methyl sites for hydroxylation is 1. The van der Waals surface area contributed by atoms with Crippen LogP contribution in [-0.4, -0.2) is 45.4 Å². The zero-order valence-electron chi connectivity index (χ0n) is 15.0. The van der Waals surface area contributed by atoms with Crippen molar-refractivity contribution in [3.8, 4) is 5.69 Å². The molecule has 1 unspecified atom stereocenters. The maximum Gasteiger partial charge on any atom is 0.321 e. The molecular formula is C18H24N4O3. The van der Waals surface area contributed by atoms with Gasteiger partial charge >= 0.3 is 12.0 Å². The van der Waals surface area contributed by atoms with Crippen LogP contribution in [0.5, 0.6) is 0 Å². The lowest BCUT2D eigenvalue weighted by Gasteiger charge is -2.20. The van der Waals surface area contributed by atoms with Gasteiger partial charge in [0.2, 0.25) is 0 Å². The Morgan fingerprint density at radius 3 is 2.64 bits per heavy atom. The largest absolute Gasteiger partial charge is 0.481 e. The Morgan fingerprint density at radius 1 is 1.36 bits per heavy atom. The smallest absolute Gasteiger partial charge is 0.321 e. The van der Waals surface area contributed by atoms with Gasteiger partial charge in [0.05, 0.1) is 29.2 Å². The van der Waals surface area contributed by atoms with Crippen LogP contribution < -0.4 is 5.32 Å². The second kappa shape index (κ2) is 7.83. The van der Waals surface area contributed by atoms with Crippen LogP contribution in [0.15, 0.2) is 30.5 Å². The number of aromatic nitrogens is 2. The number of carboxylic acids is 1. The lowest BCUT2D eigenvalue weighted by molar-refractivity contribution is -0.141. The summed E-state index contributed by atoms with van der Waals surface area (Å²) < 4.78 is 1.82. The van der Waals surface area contributed by atoms with Crippen molar-refractivity contribution in [3.63, 3.8) is 0 Å². The first-order chi connectivity index (χ1) is 11.8. The van der Waals surface area contributed by atoms with Crippen molar-refractivity contribution in [2.45, 2.75) is 27.2 Å². The van der Waals surface area contributed by atoms with Gasteiger partial charge in [-0.05, 0) is 25.0 Å². The first-order valence-corrected chi connectivity index (χ1v) is 8.23. The summed E-state index contributed by atoms with van der Waals surface area (Å²) in [4.78, 5) is 24.6. The van der Waals surface area contributed by atoms with E-state index in [-0.39, 0.29) is 12.6 Å². The van der Waals surface area contributed by atoms with Crippen LogP contribution in [0.2, 0.25) is 0 Å². The van der Waals surface area contributed by atoms with E-state index in [1.807, 2.05) is 42.8 Å². The van der Waals surface area contributed by atoms with Crippen molar-refractivity contribution in [2.75, 3.05) is 18.9 Å². The minimum absolute atomic E-state index is 0.133. The highest BCUT2D eigenvalue weighted by atomic mass is 16.4. The summed E-state index contributed by atoms with van der Waals surface area (Å²) >= 11 is 0. The molecule has 2 N–H and O–H groups in total. The summed E-state index contributed by atoms with van der Waals surface area (Å²) in [7, 11) is 1.58. The van der Waals surface area contributed by atoms with E-state index < -0.39 is 11.9 Å². The first kappa shape index (κ1) is 18.5. The van der Waals surface area contributed by atoms with E-state index in [4.69, 9.17) is 5.11 Å². The molecule has 0 bridgehead atoms. The predicted molar refractivity (Wildman–Crippen MR) is 96.1 cm³/mol. The molecule has 2 rings (SSSR count). The van der Waals surface area contributed by atoms with E-state index in [9.17, 15) is 9.59 Å². The third-order valence-corrected chi connectivity index (χ3v) is 4.10. The highest BCUT2D eigenvalue weighted by Crippen LogP contribution is 2.22. The quantitative estimate of drug-likeness (QED) is 0.843. The van der Waals surface area contributed by atoms with Crippen molar-refractivity contribution >= 4 is 17.7 Å². The van der Waals surface area contributed by atoms with Gasteiger partial charge in [0.15, 0.2) is 0 Å². The molecule has 7 nitrogen and oxygen atoms in total. The summed E-state index contributed by atoms with van der Waals surface area (Å²) in [6.45, 7) is 5.71. The molecular weight excluding hydrogens is 320 g/mol. The highest BCUT2D eigenvalue weighted by molar-refractivity contribution is 5.90. The van der Waals surface area contributed by atoms with Crippen molar-refractivity contribution in [1.82, 2.24) is 14.7 Å². The van der Waals surface area contributed by atoms with E-state index >= 15 is 0 Å². The molecule has 0 aliphatic heterocycles. The zero-order valence-corrected chi connectivity index (χ0v) is 15.0. The Labute approximate surface area is 147 Å². The molecule has 7 heteroatoms. The highest BCUT2D eigenvalue weighted by Gasteiger charge is 2.19. The number of anilines is 1. The van der Waals surface area contributed by atoms with Crippen molar-refractivity contribution in [3.05, 3.63) is 41.7 Å². The number of hydrogen-bond donors (Lipinski definition) is 2. The molecule has 0 spiro atoms. The number of para-hydroxylation sites is 1. The molecule has 1 heterocycles. The SMILES string of the molecule is CCc1c(NC(=O)N(C)CC(C)C(=O)O)cnn1-c1ccccc1C. The van der Waals surface area contributed by atoms with Gasteiger partial charge in [0.25, 0.3) is 0 Å². The minimum Gasteiger partial charge on any atom is -0.481 e. The van der Waals surface area contributed by atoms with Crippen LogP contribution in [0.3, 0.4) is 0 Å². The molecule has 1 aromatic carbocycles. The predicted octanol–water partition coefficient (Wildman–Crippen LogP) is 2.93. The summed E-state index contributed by atoms with van der Waals surface area (Å²) in [5.74, 6) is -1.56. The van der Waals surface area contributed by atoms with Crippen LogP contribution in [0, 0.1) is 12.8 Å². The van der Waals surface area contributed by atoms with E-state index in [1.54, 1.807) is 20.2 Å². The number of rotatable bonds is 6. The molecule has 2 amide bonds. The second-order valence-electron chi connectivity index (χ2n) is 6.11. The number of carbonyl (C=O) groups is 2. The Morgan fingerprint density at radius 2 is 2.04 bits per heavy atom. The number of aliphatic carboxylic acids is 1. The normalized spacial score (nSPS) is 11.8. The standard InChI is InChI=1S/C18H24N4O3/c1-5-15-14(20-18(25)21(4)11-13(3)17(23)24)10-19-22(15)16-9-7-6-8-12(16)2/h6-10,13H,5,11H2,1-4H3,(H,20,25)(H,23,24). The van der Waals surface area contributed by atoms with Crippen LogP contribution in [0.25, 0.3) is 5.69 Å². The first-order valence-electron chi connectivity index (χ1n) is 8.23. The third kappa shape index (κ3) is 4.17. The van der Waals surface area contributed by atoms with Gasteiger partial charge in [-0.1, -0.05) is 32.0 Å². The molecule has 1 atom stereocenters. The molecule has 0 fully saturated rings. The van der Waals surface area contributed by atoms with Crippen LogP contribution in [0.1, 0.15) is 25.1 Å². The topological polar surface area (TPSA) is 87.5 Å². The molecule has 0 aliphatic rings. The van der Waals surface area contributed by atoms with Gasteiger partial charge in [0, 0.05) is 13.6 Å². The molecule has 0 radical (unpaired) electrons. The van der Waals surface area contributed by atoms with Gasteiger partial charge in [0.1, 0.15) is 0 Å². The Hall–Kier alpha value is -2.83. The summed E-state index contributed by atoms with van der Waals surface area (Å²) in [6.07, 6.45) is 2.32. The molecule has 1 aromatic heterocycles. The number of nitrogens with zero attached hydrogens (tertiary/aromatic N) is 3. The maximum atomic E-state index is 12.3. The van der Waals surface area contributed by atoms with Gasteiger partial charge in [-0.2, -0.15) is 5.10 Å². The number of urea groups is 1. The van der Waals surface area contributed by atoms with Crippen LogP contribution in [-0.2, 0) is 11.2 Å². The van der Waals surface area contributed by atoms with Crippen LogP contribution >= 0.6 is 0 Å². The molecule has 2 aromatic rings. The molecule has 0 saturated carbocycles. The minimum atomic E-state index is -0.929. The average molecular weight is 344 g/mol. The molecule has 25 heavy (non-hydrogen) atoms. The average Bonchev–Trinajstić information content (AvgIpc) is 2.97. The number of carboxylic acid groups (broad SMARTS) is 1. The second-order valence-corrected chi connectivity index (χ2v) is 6.11. The van der Waals surface area contributed by atoms with E-state index in [0.717, 1.165) is 16.9 Å². The fraction of sp³-hybridized carbons (Fsp3) is 0.389. The van der Waals surface area contributed by atoms with Crippen molar-refractivity contribution < 1.29 is 14.7 Å². The lowest BCUT2D eigenvalue weighted by Crippen LogP contribution is -2.36. The Bertz CT molecular complexity index is 769. The van der Waals surface area contributed by atoms with Gasteiger partial charge in [-0.15, -0.1) is 0 Å². The monoisotopic (exact) mass is 344 g/mol. The van der Waals surface area contributed by atoms with E-state index in [2.05, 4.69) is 10.4 Å². The number of carbonyl (C=O) groups excluding carboxylic acids is 1. The summed E-state index contributed by atoms with van der Waals surface area (Å²) in [5, 5.41) is 16.2. The van der Waals surface area contributed by atoms with Crippen molar-refractivity contribution in [2.24, 2.45) is 5.92 Å². The third-order valence-electron chi connectivity index (χ3n) is 4.10. The lowest BCUT2D eigenvalue weighted by atomic mass is 10.2.